The molecule has 1 atom stereocenters. The van der Waals surface area contributed by atoms with Crippen molar-refractivity contribution in [2.45, 2.75) is 6.10 Å². The monoisotopic (exact) mass is 315 g/mol. The topological polar surface area (TPSA) is 38.3 Å². The number of methoxy groups -OCH3 is 1. The Balaban J connectivity index is 1.92. The Kier molecular flexibility index (Phi) is 6.19. The lowest BCUT2D eigenvalue weighted by Crippen LogP contribution is -2.27. The highest BCUT2D eigenvalue weighted by molar-refractivity contribution is 6.31. The summed E-state index contributed by atoms with van der Waals surface area (Å²) in [5.41, 5.74) is 1.84. The van der Waals surface area contributed by atoms with Crippen LogP contribution in [-0.2, 0) is 9.53 Å². The first kappa shape index (κ1) is 16.3. The SMILES string of the molecule is CO[C@@H](CNC(=O)/C=C/c1ccccc1)c1ccccc1Cl. The summed E-state index contributed by atoms with van der Waals surface area (Å²) in [6, 6.07) is 17.1. The number of ether oxygens (including phenoxy) is 1. The molecular weight excluding hydrogens is 298 g/mol. The third-order valence-electron chi connectivity index (χ3n) is 3.23. The van der Waals surface area contributed by atoms with Crippen LogP contribution in [0.3, 0.4) is 0 Å². The minimum atomic E-state index is -0.275. The molecule has 0 saturated carbocycles. The molecule has 0 saturated heterocycles. The molecule has 0 radical (unpaired) electrons. The van der Waals surface area contributed by atoms with Gasteiger partial charge < -0.3 is 10.1 Å². The molecule has 0 aliphatic heterocycles. The molecule has 0 fully saturated rings. The third-order valence-corrected chi connectivity index (χ3v) is 3.57. The maximum absolute atomic E-state index is 11.9. The molecule has 114 valence electrons. The maximum Gasteiger partial charge on any atom is 0.244 e. The van der Waals surface area contributed by atoms with Gasteiger partial charge in [-0.15, -0.1) is 0 Å². The first-order valence-corrected chi connectivity index (χ1v) is 7.36. The highest BCUT2D eigenvalue weighted by Crippen LogP contribution is 2.24. The minimum Gasteiger partial charge on any atom is -0.375 e. The van der Waals surface area contributed by atoms with Gasteiger partial charge >= 0.3 is 0 Å². The Morgan fingerprint density at radius 3 is 2.55 bits per heavy atom. The Labute approximate surface area is 135 Å². The van der Waals surface area contributed by atoms with Gasteiger partial charge in [0.1, 0.15) is 6.10 Å². The highest BCUT2D eigenvalue weighted by atomic mass is 35.5. The fourth-order valence-electron chi connectivity index (χ4n) is 2.04. The summed E-state index contributed by atoms with van der Waals surface area (Å²) in [5.74, 6) is -0.169. The number of carbonyl (C=O) groups is 1. The molecule has 3 nitrogen and oxygen atoms in total. The smallest absolute Gasteiger partial charge is 0.244 e. The zero-order valence-corrected chi connectivity index (χ0v) is 13.1. The molecule has 0 bridgehead atoms. The van der Waals surface area contributed by atoms with Crippen molar-refractivity contribution in [3.05, 3.63) is 76.8 Å². The van der Waals surface area contributed by atoms with Crippen LogP contribution in [0.2, 0.25) is 5.02 Å². The van der Waals surface area contributed by atoms with E-state index in [9.17, 15) is 4.79 Å². The molecule has 0 spiro atoms. The lowest BCUT2D eigenvalue weighted by Gasteiger charge is -2.17. The molecule has 0 aliphatic carbocycles. The normalized spacial score (nSPS) is 12.3. The van der Waals surface area contributed by atoms with Gasteiger partial charge in [-0.25, -0.2) is 0 Å². The largest absolute Gasteiger partial charge is 0.375 e. The molecule has 1 amide bonds. The molecular formula is C18H18ClNO2. The standard InChI is InChI=1S/C18H18ClNO2/c1-22-17(15-9-5-6-10-16(15)19)13-20-18(21)12-11-14-7-3-2-4-8-14/h2-12,17H,13H2,1H3,(H,20,21)/b12-11+/t17-/m0/s1. The van der Waals surface area contributed by atoms with E-state index in [0.717, 1.165) is 11.1 Å². The van der Waals surface area contributed by atoms with Crippen molar-refractivity contribution in [1.82, 2.24) is 5.32 Å². The van der Waals surface area contributed by atoms with E-state index < -0.39 is 0 Å². The van der Waals surface area contributed by atoms with Crippen molar-refractivity contribution in [3.63, 3.8) is 0 Å². The average Bonchev–Trinajstić information content (AvgIpc) is 2.56. The van der Waals surface area contributed by atoms with Crippen LogP contribution in [0.1, 0.15) is 17.2 Å². The fraction of sp³-hybridized carbons (Fsp3) is 0.167. The van der Waals surface area contributed by atoms with E-state index in [1.165, 1.54) is 6.08 Å². The van der Waals surface area contributed by atoms with Gasteiger partial charge in [0.05, 0.1) is 0 Å². The van der Waals surface area contributed by atoms with Crippen molar-refractivity contribution in [1.29, 1.82) is 0 Å². The third kappa shape index (κ3) is 4.72. The minimum absolute atomic E-state index is 0.169. The number of hydrogen-bond donors (Lipinski definition) is 1. The lowest BCUT2D eigenvalue weighted by atomic mass is 10.1. The first-order valence-electron chi connectivity index (χ1n) is 6.99. The van der Waals surface area contributed by atoms with Crippen LogP contribution in [-0.4, -0.2) is 19.6 Å². The summed E-state index contributed by atoms with van der Waals surface area (Å²) in [4.78, 5) is 11.9. The molecule has 22 heavy (non-hydrogen) atoms. The predicted molar refractivity (Wildman–Crippen MR) is 89.7 cm³/mol. The van der Waals surface area contributed by atoms with Crippen LogP contribution in [0, 0.1) is 0 Å². The van der Waals surface area contributed by atoms with Crippen molar-refractivity contribution in [2.75, 3.05) is 13.7 Å². The summed E-state index contributed by atoms with van der Waals surface area (Å²) in [7, 11) is 1.60. The molecule has 0 unspecified atom stereocenters. The number of benzene rings is 2. The fourth-order valence-corrected chi connectivity index (χ4v) is 2.30. The summed E-state index contributed by atoms with van der Waals surface area (Å²) in [6.07, 6.45) is 3.00. The van der Waals surface area contributed by atoms with Crippen molar-refractivity contribution in [3.8, 4) is 0 Å². The van der Waals surface area contributed by atoms with E-state index in [4.69, 9.17) is 16.3 Å². The second-order valence-electron chi connectivity index (χ2n) is 4.74. The molecule has 2 rings (SSSR count). The number of rotatable bonds is 6. The van der Waals surface area contributed by atoms with Gasteiger partial charge in [0.25, 0.3) is 0 Å². The van der Waals surface area contributed by atoms with E-state index in [0.29, 0.717) is 11.6 Å². The quantitative estimate of drug-likeness (QED) is 0.822. The summed E-state index contributed by atoms with van der Waals surface area (Å²) in [5, 5.41) is 3.45. The Morgan fingerprint density at radius 1 is 1.18 bits per heavy atom. The van der Waals surface area contributed by atoms with Crippen molar-refractivity contribution in [2.24, 2.45) is 0 Å². The van der Waals surface area contributed by atoms with Crippen molar-refractivity contribution < 1.29 is 9.53 Å². The summed E-state index contributed by atoms with van der Waals surface area (Å²) < 4.78 is 5.41. The Bertz CT molecular complexity index is 641. The number of nitrogens with one attached hydrogen (secondary N) is 1. The van der Waals surface area contributed by atoms with Crippen molar-refractivity contribution >= 4 is 23.6 Å². The van der Waals surface area contributed by atoms with Crippen LogP contribution in [0.25, 0.3) is 6.08 Å². The summed E-state index contributed by atoms with van der Waals surface area (Å²) >= 11 is 6.15. The van der Waals surface area contributed by atoms with E-state index in [1.54, 1.807) is 19.3 Å². The molecule has 0 aromatic heterocycles. The van der Waals surface area contributed by atoms with Gasteiger partial charge in [-0.2, -0.15) is 0 Å². The van der Waals surface area contributed by atoms with Crippen LogP contribution >= 0.6 is 11.6 Å². The van der Waals surface area contributed by atoms with Gasteiger partial charge in [0.2, 0.25) is 5.91 Å². The predicted octanol–water partition coefficient (Wildman–Crippen LogP) is 3.86. The van der Waals surface area contributed by atoms with Gasteiger partial charge in [-0.05, 0) is 17.7 Å². The van der Waals surface area contributed by atoms with Gasteiger partial charge in [-0.3, -0.25) is 4.79 Å². The van der Waals surface area contributed by atoms with Crippen LogP contribution in [0.15, 0.2) is 60.7 Å². The highest BCUT2D eigenvalue weighted by Gasteiger charge is 2.14. The number of amides is 1. The van der Waals surface area contributed by atoms with Crippen LogP contribution < -0.4 is 5.32 Å². The Morgan fingerprint density at radius 2 is 1.86 bits per heavy atom. The Hall–Kier alpha value is -2.10. The van der Waals surface area contributed by atoms with Crippen LogP contribution in [0.4, 0.5) is 0 Å². The molecule has 0 heterocycles. The van der Waals surface area contributed by atoms with E-state index >= 15 is 0 Å². The molecule has 2 aromatic carbocycles. The number of carbonyl (C=O) groups excluding carboxylic acids is 1. The molecule has 0 aliphatic rings. The van der Waals surface area contributed by atoms with Crippen LogP contribution in [0.5, 0.6) is 0 Å². The lowest BCUT2D eigenvalue weighted by molar-refractivity contribution is -0.117. The average molecular weight is 316 g/mol. The second kappa shape index (κ2) is 8.37. The van der Waals surface area contributed by atoms with E-state index in [1.807, 2.05) is 48.5 Å². The zero-order chi connectivity index (χ0) is 15.8. The van der Waals surface area contributed by atoms with E-state index in [2.05, 4.69) is 5.32 Å². The molecule has 2 aromatic rings. The van der Waals surface area contributed by atoms with Gasteiger partial charge in [-0.1, -0.05) is 60.1 Å². The zero-order valence-electron chi connectivity index (χ0n) is 12.3. The molecule has 1 N–H and O–H groups in total. The maximum atomic E-state index is 11.9. The second-order valence-corrected chi connectivity index (χ2v) is 5.14. The molecule has 4 heteroatoms. The van der Waals surface area contributed by atoms with E-state index in [-0.39, 0.29) is 12.0 Å². The van der Waals surface area contributed by atoms with Gasteiger partial charge in [0, 0.05) is 30.3 Å². The van der Waals surface area contributed by atoms with Gasteiger partial charge in [0.15, 0.2) is 0 Å². The first-order chi connectivity index (χ1) is 10.7. The summed E-state index contributed by atoms with van der Waals surface area (Å²) in [6.45, 7) is 0.359. The number of hydrogen-bond acceptors (Lipinski definition) is 2. The number of halogens is 1.